The molecule has 92 valence electrons. The van der Waals surface area contributed by atoms with Crippen LogP contribution in [0.3, 0.4) is 0 Å². The Kier molecular flexibility index (Phi) is 4.46. The van der Waals surface area contributed by atoms with E-state index in [4.69, 9.17) is 9.84 Å². The molecule has 1 N–H and O–H groups in total. The molecule has 0 unspecified atom stereocenters. The standard InChI is InChI=1S/C14H18O3/c1-4-11-6-5-7-12(8-11)13(16)17-10-14(2,3)9-15/h4-8,15H,1,9-10H2,2-3H3. The third-order valence-corrected chi connectivity index (χ3v) is 2.38. The van der Waals surface area contributed by atoms with Gasteiger partial charge in [-0.1, -0.05) is 38.6 Å². The smallest absolute Gasteiger partial charge is 0.338 e. The summed E-state index contributed by atoms with van der Waals surface area (Å²) in [7, 11) is 0. The molecule has 1 rings (SSSR count). The number of aliphatic hydroxyl groups is 1. The zero-order valence-electron chi connectivity index (χ0n) is 10.3. The minimum atomic E-state index is -0.411. The van der Waals surface area contributed by atoms with Crippen LogP contribution < -0.4 is 0 Å². The number of benzene rings is 1. The first kappa shape index (κ1) is 13.5. The van der Waals surface area contributed by atoms with Crippen molar-refractivity contribution in [3.8, 4) is 0 Å². The van der Waals surface area contributed by atoms with Crippen molar-refractivity contribution < 1.29 is 14.6 Å². The summed E-state index contributed by atoms with van der Waals surface area (Å²) in [6.07, 6.45) is 1.68. The minimum absolute atomic E-state index is 0.0209. The van der Waals surface area contributed by atoms with Crippen LogP contribution >= 0.6 is 0 Å². The summed E-state index contributed by atoms with van der Waals surface area (Å²) in [5, 5.41) is 9.06. The van der Waals surface area contributed by atoms with E-state index in [9.17, 15) is 4.79 Å². The number of aliphatic hydroxyl groups excluding tert-OH is 1. The lowest BCUT2D eigenvalue weighted by atomic mass is 9.96. The second-order valence-electron chi connectivity index (χ2n) is 4.73. The number of hydrogen-bond donors (Lipinski definition) is 1. The van der Waals surface area contributed by atoms with Gasteiger partial charge in [-0.15, -0.1) is 0 Å². The number of ether oxygens (including phenoxy) is 1. The van der Waals surface area contributed by atoms with E-state index in [1.54, 1.807) is 24.3 Å². The van der Waals surface area contributed by atoms with Crippen molar-refractivity contribution in [1.29, 1.82) is 0 Å². The number of carbonyl (C=O) groups is 1. The summed E-state index contributed by atoms with van der Waals surface area (Å²) < 4.78 is 5.15. The summed E-state index contributed by atoms with van der Waals surface area (Å²) in [6, 6.07) is 7.06. The van der Waals surface area contributed by atoms with Gasteiger partial charge in [0.2, 0.25) is 0 Å². The Balaban J connectivity index is 2.67. The molecule has 0 saturated heterocycles. The molecular formula is C14H18O3. The molecule has 1 aromatic rings. The predicted molar refractivity (Wildman–Crippen MR) is 67.7 cm³/mol. The van der Waals surface area contributed by atoms with Crippen molar-refractivity contribution in [2.75, 3.05) is 13.2 Å². The second-order valence-corrected chi connectivity index (χ2v) is 4.73. The minimum Gasteiger partial charge on any atom is -0.461 e. The highest BCUT2D eigenvalue weighted by Crippen LogP contribution is 2.15. The van der Waals surface area contributed by atoms with Gasteiger partial charge in [-0.3, -0.25) is 0 Å². The molecule has 0 aliphatic heterocycles. The molecule has 0 amide bonds. The number of carbonyl (C=O) groups excluding carboxylic acids is 1. The molecule has 0 spiro atoms. The summed E-state index contributed by atoms with van der Waals surface area (Å²) in [5.74, 6) is -0.379. The van der Waals surface area contributed by atoms with Crippen LogP contribution in [0.25, 0.3) is 6.08 Å². The second kappa shape index (κ2) is 5.64. The zero-order valence-corrected chi connectivity index (χ0v) is 10.3. The quantitative estimate of drug-likeness (QED) is 0.796. The van der Waals surface area contributed by atoms with E-state index < -0.39 is 5.41 Å². The fourth-order valence-corrected chi connectivity index (χ4v) is 1.18. The van der Waals surface area contributed by atoms with E-state index in [0.29, 0.717) is 5.56 Å². The molecule has 0 aromatic heterocycles. The summed E-state index contributed by atoms with van der Waals surface area (Å²) in [6.45, 7) is 7.49. The van der Waals surface area contributed by atoms with E-state index in [0.717, 1.165) is 5.56 Å². The Bertz CT molecular complexity index is 408. The Morgan fingerprint density at radius 1 is 1.53 bits per heavy atom. The highest BCUT2D eigenvalue weighted by Gasteiger charge is 2.19. The maximum Gasteiger partial charge on any atom is 0.338 e. The highest BCUT2D eigenvalue weighted by molar-refractivity contribution is 5.90. The maximum absolute atomic E-state index is 11.7. The van der Waals surface area contributed by atoms with Crippen LogP contribution in [-0.2, 0) is 4.74 Å². The van der Waals surface area contributed by atoms with Gasteiger partial charge in [0.05, 0.1) is 18.8 Å². The lowest BCUT2D eigenvalue weighted by molar-refractivity contribution is 0.0219. The van der Waals surface area contributed by atoms with Gasteiger partial charge in [0.1, 0.15) is 0 Å². The van der Waals surface area contributed by atoms with Crippen molar-refractivity contribution in [2.24, 2.45) is 5.41 Å². The van der Waals surface area contributed by atoms with Gasteiger partial charge >= 0.3 is 5.97 Å². The lowest BCUT2D eigenvalue weighted by Crippen LogP contribution is -2.25. The van der Waals surface area contributed by atoms with Crippen molar-refractivity contribution in [2.45, 2.75) is 13.8 Å². The average molecular weight is 234 g/mol. The predicted octanol–water partition coefficient (Wildman–Crippen LogP) is 2.50. The third-order valence-electron chi connectivity index (χ3n) is 2.38. The summed E-state index contributed by atoms with van der Waals surface area (Å²) in [5.41, 5.74) is 0.961. The topological polar surface area (TPSA) is 46.5 Å². The Labute approximate surface area is 102 Å². The summed E-state index contributed by atoms with van der Waals surface area (Å²) in [4.78, 5) is 11.7. The molecule has 17 heavy (non-hydrogen) atoms. The number of esters is 1. The molecule has 3 nitrogen and oxygen atoms in total. The van der Waals surface area contributed by atoms with Crippen LogP contribution in [0.1, 0.15) is 29.8 Å². The summed E-state index contributed by atoms with van der Waals surface area (Å²) >= 11 is 0. The normalized spacial score (nSPS) is 11.0. The van der Waals surface area contributed by atoms with E-state index in [1.165, 1.54) is 0 Å². The van der Waals surface area contributed by atoms with Crippen LogP contribution in [0.15, 0.2) is 30.8 Å². The van der Waals surface area contributed by atoms with Gasteiger partial charge in [0.25, 0.3) is 0 Å². The van der Waals surface area contributed by atoms with Crippen LogP contribution in [0, 0.1) is 5.41 Å². The molecule has 0 radical (unpaired) electrons. The van der Waals surface area contributed by atoms with Gasteiger partial charge in [0.15, 0.2) is 0 Å². The van der Waals surface area contributed by atoms with E-state index in [-0.39, 0.29) is 19.2 Å². The molecule has 0 heterocycles. The van der Waals surface area contributed by atoms with E-state index in [2.05, 4.69) is 6.58 Å². The molecule has 0 aliphatic rings. The SMILES string of the molecule is C=Cc1cccc(C(=O)OCC(C)(C)CO)c1. The van der Waals surface area contributed by atoms with Crippen LogP contribution in [-0.4, -0.2) is 24.3 Å². The number of hydrogen-bond acceptors (Lipinski definition) is 3. The fourth-order valence-electron chi connectivity index (χ4n) is 1.18. The number of rotatable bonds is 5. The van der Waals surface area contributed by atoms with Crippen LogP contribution in [0.5, 0.6) is 0 Å². The first-order chi connectivity index (χ1) is 7.98. The highest BCUT2D eigenvalue weighted by atomic mass is 16.5. The van der Waals surface area contributed by atoms with Crippen molar-refractivity contribution in [3.63, 3.8) is 0 Å². The van der Waals surface area contributed by atoms with Crippen LogP contribution in [0.4, 0.5) is 0 Å². The third kappa shape index (κ3) is 4.04. The molecular weight excluding hydrogens is 216 g/mol. The maximum atomic E-state index is 11.7. The fraction of sp³-hybridized carbons (Fsp3) is 0.357. The first-order valence-electron chi connectivity index (χ1n) is 5.49. The van der Waals surface area contributed by atoms with Gasteiger partial charge in [-0.2, -0.15) is 0 Å². The monoisotopic (exact) mass is 234 g/mol. The van der Waals surface area contributed by atoms with Crippen LogP contribution in [0.2, 0.25) is 0 Å². The van der Waals surface area contributed by atoms with Gasteiger partial charge in [0, 0.05) is 5.41 Å². The molecule has 1 aromatic carbocycles. The largest absolute Gasteiger partial charge is 0.461 e. The zero-order chi connectivity index (χ0) is 12.9. The molecule has 0 atom stereocenters. The molecule has 3 heteroatoms. The first-order valence-corrected chi connectivity index (χ1v) is 5.49. The Morgan fingerprint density at radius 3 is 2.82 bits per heavy atom. The van der Waals surface area contributed by atoms with Crippen molar-refractivity contribution >= 4 is 12.0 Å². The van der Waals surface area contributed by atoms with E-state index >= 15 is 0 Å². The molecule has 0 fully saturated rings. The van der Waals surface area contributed by atoms with E-state index in [1.807, 2.05) is 19.9 Å². The molecule has 0 saturated carbocycles. The van der Waals surface area contributed by atoms with Gasteiger partial charge in [-0.05, 0) is 17.7 Å². The van der Waals surface area contributed by atoms with Gasteiger partial charge in [-0.25, -0.2) is 4.79 Å². The lowest BCUT2D eigenvalue weighted by Gasteiger charge is -2.20. The van der Waals surface area contributed by atoms with Gasteiger partial charge < -0.3 is 9.84 Å². The molecule has 0 aliphatic carbocycles. The Morgan fingerprint density at radius 2 is 2.24 bits per heavy atom. The van der Waals surface area contributed by atoms with Crippen molar-refractivity contribution in [1.82, 2.24) is 0 Å². The van der Waals surface area contributed by atoms with Crippen molar-refractivity contribution in [3.05, 3.63) is 42.0 Å². The Hall–Kier alpha value is -1.61. The molecule has 0 bridgehead atoms. The average Bonchev–Trinajstić information content (AvgIpc) is 2.36.